The van der Waals surface area contributed by atoms with Crippen molar-refractivity contribution in [3.63, 3.8) is 0 Å². The molecule has 0 aliphatic carbocycles. The van der Waals surface area contributed by atoms with Crippen molar-refractivity contribution < 1.29 is 13.6 Å². The molecular weight excluding hydrogens is 338 g/mol. The van der Waals surface area contributed by atoms with Crippen molar-refractivity contribution in [2.45, 2.75) is 13.0 Å². The molecule has 0 bridgehead atoms. The number of halogens is 2. The van der Waals surface area contributed by atoms with E-state index < -0.39 is 23.2 Å². The number of carbonyl (C=O) groups is 1. The summed E-state index contributed by atoms with van der Waals surface area (Å²) in [6.45, 7) is 1.95. The number of benzene rings is 2. The van der Waals surface area contributed by atoms with Gasteiger partial charge in [0.15, 0.2) is 0 Å². The van der Waals surface area contributed by atoms with E-state index in [1.54, 1.807) is 0 Å². The molecule has 1 heterocycles. The molecular formula is C19H16F2N4O. The monoisotopic (exact) mass is 354 g/mol. The number of amides is 1. The molecule has 132 valence electrons. The fraction of sp³-hybridized carbons (Fsp3) is 0.105. The second-order valence-electron chi connectivity index (χ2n) is 5.62. The maximum absolute atomic E-state index is 13.7. The Morgan fingerprint density at radius 3 is 2.38 bits per heavy atom. The maximum Gasteiger partial charge on any atom is 0.274 e. The molecule has 7 heteroatoms. The summed E-state index contributed by atoms with van der Waals surface area (Å²) in [5.74, 6) is -2.02. The Labute approximate surface area is 149 Å². The summed E-state index contributed by atoms with van der Waals surface area (Å²) in [6.07, 6.45) is 1.21. The van der Waals surface area contributed by atoms with Gasteiger partial charge in [0.25, 0.3) is 5.91 Å². The smallest absolute Gasteiger partial charge is 0.274 e. The highest BCUT2D eigenvalue weighted by Crippen LogP contribution is 2.20. The van der Waals surface area contributed by atoms with Crippen molar-refractivity contribution >= 4 is 17.4 Å². The lowest BCUT2D eigenvalue weighted by molar-refractivity contribution is 0.102. The van der Waals surface area contributed by atoms with Crippen molar-refractivity contribution in [1.29, 1.82) is 0 Å². The third kappa shape index (κ3) is 4.00. The summed E-state index contributed by atoms with van der Waals surface area (Å²) < 4.78 is 27.3. The first-order chi connectivity index (χ1) is 12.5. The minimum atomic E-state index is -0.858. The number of anilines is 2. The topological polar surface area (TPSA) is 66.9 Å². The van der Waals surface area contributed by atoms with Crippen LogP contribution in [0.3, 0.4) is 0 Å². The van der Waals surface area contributed by atoms with Crippen LogP contribution in [0.2, 0.25) is 0 Å². The Kier molecular flexibility index (Phi) is 5.17. The van der Waals surface area contributed by atoms with Gasteiger partial charge in [0.05, 0.1) is 0 Å². The second kappa shape index (κ2) is 7.69. The van der Waals surface area contributed by atoms with Crippen LogP contribution in [-0.4, -0.2) is 15.9 Å². The van der Waals surface area contributed by atoms with Crippen molar-refractivity contribution in [1.82, 2.24) is 9.97 Å². The van der Waals surface area contributed by atoms with E-state index in [2.05, 4.69) is 20.6 Å². The fourth-order valence-corrected chi connectivity index (χ4v) is 2.40. The molecule has 0 spiro atoms. The van der Waals surface area contributed by atoms with Gasteiger partial charge in [0.2, 0.25) is 0 Å². The van der Waals surface area contributed by atoms with E-state index in [0.717, 1.165) is 17.7 Å². The predicted octanol–water partition coefficient (Wildman–Crippen LogP) is 4.18. The van der Waals surface area contributed by atoms with Gasteiger partial charge in [-0.1, -0.05) is 36.4 Å². The zero-order chi connectivity index (χ0) is 18.5. The second-order valence-corrected chi connectivity index (χ2v) is 5.62. The summed E-state index contributed by atoms with van der Waals surface area (Å²) in [7, 11) is 0. The zero-order valence-corrected chi connectivity index (χ0v) is 13.9. The standard InChI is InChI=1S/C19H16F2N4O/c1-12(13-6-3-2-4-7-13)24-17-10-16(22-11-23-17)19(26)25-18-14(20)8-5-9-15(18)21/h2-12H,1H3,(H,25,26)(H,22,23,24). The molecule has 3 rings (SSSR count). The van der Waals surface area contributed by atoms with Gasteiger partial charge in [-0.05, 0) is 24.6 Å². The first-order valence-electron chi connectivity index (χ1n) is 7.93. The van der Waals surface area contributed by atoms with Gasteiger partial charge in [0, 0.05) is 12.1 Å². The third-order valence-electron chi connectivity index (χ3n) is 3.76. The van der Waals surface area contributed by atoms with Crippen molar-refractivity contribution in [2.75, 3.05) is 10.6 Å². The first kappa shape index (κ1) is 17.5. The van der Waals surface area contributed by atoms with Crippen LogP contribution in [0.1, 0.15) is 29.0 Å². The molecule has 0 radical (unpaired) electrons. The SMILES string of the molecule is CC(Nc1cc(C(=O)Nc2c(F)cccc2F)ncn1)c1ccccc1. The normalized spacial score (nSPS) is 11.7. The summed E-state index contributed by atoms with van der Waals surface area (Å²) in [4.78, 5) is 20.2. The Morgan fingerprint density at radius 2 is 1.69 bits per heavy atom. The molecule has 0 saturated heterocycles. The maximum atomic E-state index is 13.7. The van der Waals surface area contributed by atoms with Crippen LogP contribution in [0.4, 0.5) is 20.3 Å². The molecule has 3 aromatic rings. The van der Waals surface area contributed by atoms with Crippen LogP contribution in [-0.2, 0) is 0 Å². The number of rotatable bonds is 5. The largest absolute Gasteiger partial charge is 0.363 e. The van der Waals surface area contributed by atoms with Gasteiger partial charge in [-0.3, -0.25) is 4.79 Å². The Morgan fingerprint density at radius 1 is 1.00 bits per heavy atom. The van der Waals surface area contributed by atoms with Gasteiger partial charge >= 0.3 is 0 Å². The number of hydrogen-bond acceptors (Lipinski definition) is 4. The van der Waals surface area contributed by atoms with E-state index in [9.17, 15) is 13.6 Å². The number of aromatic nitrogens is 2. The van der Waals surface area contributed by atoms with Crippen LogP contribution in [0.25, 0.3) is 0 Å². The number of hydrogen-bond donors (Lipinski definition) is 2. The molecule has 1 amide bonds. The van der Waals surface area contributed by atoms with E-state index in [0.29, 0.717) is 5.82 Å². The quantitative estimate of drug-likeness (QED) is 0.721. The molecule has 0 aliphatic heterocycles. The van der Waals surface area contributed by atoms with Gasteiger partial charge < -0.3 is 10.6 Å². The molecule has 1 aromatic heterocycles. The molecule has 26 heavy (non-hydrogen) atoms. The van der Waals surface area contributed by atoms with Crippen LogP contribution in [0, 0.1) is 11.6 Å². The first-order valence-corrected chi connectivity index (χ1v) is 7.93. The lowest BCUT2D eigenvalue weighted by atomic mass is 10.1. The lowest BCUT2D eigenvalue weighted by Crippen LogP contribution is -2.17. The van der Waals surface area contributed by atoms with Crippen molar-refractivity contribution in [2.24, 2.45) is 0 Å². The highest BCUT2D eigenvalue weighted by atomic mass is 19.1. The zero-order valence-electron chi connectivity index (χ0n) is 13.9. The molecule has 5 nitrogen and oxygen atoms in total. The van der Waals surface area contributed by atoms with Crippen LogP contribution >= 0.6 is 0 Å². The Bertz CT molecular complexity index is 898. The molecule has 0 aliphatic rings. The summed E-state index contributed by atoms with van der Waals surface area (Å²) >= 11 is 0. The van der Waals surface area contributed by atoms with Gasteiger partial charge in [-0.15, -0.1) is 0 Å². The number of nitrogens with zero attached hydrogens (tertiary/aromatic N) is 2. The number of para-hydroxylation sites is 1. The third-order valence-corrected chi connectivity index (χ3v) is 3.76. The lowest BCUT2D eigenvalue weighted by Gasteiger charge is -2.15. The number of carbonyl (C=O) groups excluding carboxylic acids is 1. The van der Waals surface area contributed by atoms with Crippen molar-refractivity contribution in [3.8, 4) is 0 Å². The van der Waals surface area contributed by atoms with E-state index in [4.69, 9.17) is 0 Å². The van der Waals surface area contributed by atoms with Crippen LogP contribution in [0.5, 0.6) is 0 Å². The highest BCUT2D eigenvalue weighted by molar-refractivity contribution is 6.03. The van der Waals surface area contributed by atoms with E-state index >= 15 is 0 Å². The molecule has 0 fully saturated rings. The van der Waals surface area contributed by atoms with E-state index in [1.165, 1.54) is 18.5 Å². The average molecular weight is 354 g/mol. The summed E-state index contributed by atoms with van der Waals surface area (Å²) in [6, 6.07) is 14.4. The molecule has 0 saturated carbocycles. The van der Waals surface area contributed by atoms with E-state index in [1.807, 2.05) is 37.3 Å². The predicted molar refractivity (Wildman–Crippen MR) is 94.8 cm³/mol. The molecule has 2 N–H and O–H groups in total. The molecule has 1 unspecified atom stereocenters. The minimum absolute atomic E-state index is 0.00888. The fourth-order valence-electron chi connectivity index (χ4n) is 2.40. The highest BCUT2D eigenvalue weighted by Gasteiger charge is 2.15. The number of nitrogens with one attached hydrogen (secondary N) is 2. The summed E-state index contributed by atoms with van der Waals surface area (Å²) in [5, 5.41) is 5.36. The molecule has 2 aromatic carbocycles. The van der Waals surface area contributed by atoms with Gasteiger partial charge in [-0.2, -0.15) is 0 Å². The summed E-state index contributed by atoms with van der Waals surface area (Å²) in [5.41, 5.74) is 0.527. The van der Waals surface area contributed by atoms with E-state index in [-0.39, 0.29) is 11.7 Å². The van der Waals surface area contributed by atoms with Crippen LogP contribution in [0.15, 0.2) is 60.9 Å². The Hall–Kier alpha value is -3.35. The van der Waals surface area contributed by atoms with Crippen molar-refractivity contribution in [3.05, 3.63) is 83.8 Å². The average Bonchev–Trinajstić information content (AvgIpc) is 2.65. The van der Waals surface area contributed by atoms with Gasteiger partial charge in [0.1, 0.15) is 35.2 Å². The van der Waals surface area contributed by atoms with Gasteiger partial charge in [-0.25, -0.2) is 18.7 Å². The molecule has 1 atom stereocenters. The minimum Gasteiger partial charge on any atom is -0.363 e. The van der Waals surface area contributed by atoms with Crippen LogP contribution < -0.4 is 10.6 Å². The Balaban J connectivity index is 1.75.